The summed E-state index contributed by atoms with van der Waals surface area (Å²) in [5.74, 6) is 0.834. The molecule has 0 aliphatic rings. The molecule has 0 fully saturated rings. The van der Waals surface area contributed by atoms with E-state index < -0.39 is 0 Å². The lowest BCUT2D eigenvalue weighted by Crippen LogP contribution is -2.09. The largest absolute Gasteiger partial charge is 0.447 e. The molecule has 0 amide bonds. The number of hydrogen-bond donors (Lipinski definition) is 1. The minimum Gasteiger partial charge on any atom is -0.447 e. The lowest BCUT2D eigenvalue weighted by molar-refractivity contribution is 0.511. The van der Waals surface area contributed by atoms with Gasteiger partial charge in [-0.15, -0.1) is 0 Å². The van der Waals surface area contributed by atoms with Gasteiger partial charge in [0.15, 0.2) is 6.39 Å². The fraction of sp³-hybridized carbons (Fsp3) is 0.308. The van der Waals surface area contributed by atoms with E-state index in [4.69, 9.17) is 4.42 Å². The maximum atomic E-state index is 5.18. The van der Waals surface area contributed by atoms with Gasteiger partial charge < -0.3 is 14.6 Å². The van der Waals surface area contributed by atoms with Crippen LogP contribution in [0.1, 0.15) is 11.3 Å². The smallest absolute Gasteiger partial charge is 0.180 e. The lowest BCUT2D eigenvalue weighted by Gasteiger charge is -2.15. The van der Waals surface area contributed by atoms with E-state index in [0.717, 1.165) is 11.4 Å². The second-order valence-corrected chi connectivity index (χ2v) is 4.21. The van der Waals surface area contributed by atoms with Crippen molar-refractivity contribution in [3.63, 3.8) is 0 Å². The molecular formula is C13H17N3O. The number of nitrogens with one attached hydrogen (secondary N) is 1. The highest BCUT2D eigenvalue weighted by Crippen LogP contribution is 2.21. The van der Waals surface area contributed by atoms with Gasteiger partial charge in [0.05, 0.1) is 12.7 Å². The van der Waals surface area contributed by atoms with Gasteiger partial charge in [-0.1, -0.05) is 0 Å². The third-order valence-electron chi connectivity index (χ3n) is 2.66. The number of aryl methyl sites for hydroxylation is 1. The van der Waals surface area contributed by atoms with Crippen molar-refractivity contribution in [3.05, 3.63) is 42.1 Å². The summed E-state index contributed by atoms with van der Waals surface area (Å²) < 4.78 is 5.18. The predicted molar refractivity (Wildman–Crippen MR) is 69.3 cm³/mol. The van der Waals surface area contributed by atoms with Crippen LogP contribution >= 0.6 is 0 Å². The molecule has 0 aliphatic carbocycles. The number of oxazole rings is 1. The number of hydrogen-bond acceptors (Lipinski definition) is 4. The van der Waals surface area contributed by atoms with E-state index in [-0.39, 0.29) is 0 Å². The Morgan fingerprint density at radius 2 is 2.18 bits per heavy atom. The first-order valence-corrected chi connectivity index (χ1v) is 5.56. The zero-order valence-electron chi connectivity index (χ0n) is 10.4. The average molecular weight is 231 g/mol. The van der Waals surface area contributed by atoms with Crippen molar-refractivity contribution < 1.29 is 4.42 Å². The molecule has 1 aromatic carbocycles. The fourth-order valence-electron chi connectivity index (χ4n) is 1.64. The van der Waals surface area contributed by atoms with E-state index in [0.29, 0.717) is 6.54 Å². The second-order valence-electron chi connectivity index (χ2n) is 4.21. The quantitative estimate of drug-likeness (QED) is 0.878. The van der Waals surface area contributed by atoms with E-state index in [2.05, 4.69) is 40.3 Å². The molecule has 4 nitrogen and oxygen atoms in total. The van der Waals surface area contributed by atoms with Crippen LogP contribution in [-0.4, -0.2) is 19.1 Å². The van der Waals surface area contributed by atoms with Crippen LogP contribution in [0.3, 0.4) is 0 Å². The first kappa shape index (κ1) is 11.5. The van der Waals surface area contributed by atoms with E-state index >= 15 is 0 Å². The van der Waals surface area contributed by atoms with Crippen LogP contribution in [0.4, 0.5) is 11.4 Å². The van der Waals surface area contributed by atoms with Gasteiger partial charge in [0.2, 0.25) is 0 Å². The van der Waals surface area contributed by atoms with Gasteiger partial charge in [-0.2, -0.15) is 0 Å². The molecule has 2 aromatic rings. The summed E-state index contributed by atoms with van der Waals surface area (Å²) in [7, 11) is 4.08. The molecule has 0 aliphatic heterocycles. The second kappa shape index (κ2) is 4.91. The highest BCUT2D eigenvalue weighted by Gasteiger charge is 2.02. The molecule has 0 saturated carbocycles. The zero-order chi connectivity index (χ0) is 12.3. The van der Waals surface area contributed by atoms with Crippen LogP contribution < -0.4 is 10.2 Å². The maximum absolute atomic E-state index is 5.18. The van der Waals surface area contributed by atoms with Crippen molar-refractivity contribution in [3.8, 4) is 0 Å². The van der Waals surface area contributed by atoms with Crippen LogP contribution in [0.5, 0.6) is 0 Å². The molecule has 0 radical (unpaired) electrons. The summed E-state index contributed by atoms with van der Waals surface area (Å²) in [4.78, 5) is 5.97. The first-order valence-electron chi connectivity index (χ1n) is 5.56. The van der Waals surface area contributed by atoms with Crippen LogP contribution in [0.25, 0.3) is 0 Å². The van der Waals surface area contributed by atoms with Crippen molar-refractivity contribution in [2.24, 2.45) is 0 Å². The number of aromatic nitrogens is 1. The number of nitrogens with zero attached hydrogens (tertiary/aromatic N) is 2. The Kier molecular flexibility index (Phi) is 3.32. The van der Waals surface area contributed by atoms with Crippen molar-refractivity contribution in [1.82, 2.24) is 4.98 Å². The third kappa shape index (κ3) is 2.78. The molecule has 0 spiro atoms. The Bertz CT molecular complexity index is 477. The Labute approximate surface area is 101 Å². The Morgan fingerprint density at radius 1 is 1.35 bits per heavy atom. The average Bonchev–Trinajstić information content (AvgIpc) is 2.80. The summed E-state index contributed by atoms with van der Waals surface area (Å²) in [6.07, 6.45) is 3.16. The molecule has 90 valence electrons. The molecule has 17 heavy (non-hydrogen) atoms. The predicted octanol–water partition coefficient (Wildman–Crippen LogP) is 2.66. The molecule has 0 saturated heterocycles. The van der Waals surface area contributed by atoms with E-state index in [9.17, 15) is 0 Å². The standard InChI is InChI=1S/C13H17N3O/c1-10-6-11(16(2)3)4-5-13(10)15-8-12-7-14-9-17-12/h4-7,9,15H,8H2,1-3H3. The molecule has 1 N–H and O–H groups in total. The summed E-state index contributed by atoms with van der Waals surface area (Å²) in [5.41, 5.74) is 3.54. The molecule has 1 heterocycles. The van der Waals surface area contributed by atoms with E-state index in [1.165, 1.54) is 17.6 Å². The van der Waals surface area contributed by atoms with Gasteiger partial charge in [0, 0.05) is 25.5 Å². The summed E-state index contributed by atoms with van der Waals surface area (Å²) in [6, 6.07) is 6.33. The summed E-state index contributed by atoms with van der Waals surface area (Å²) in [6.45, 7) is 2.75. The van der Waals surface area contributed by atoms with Crippen LogP contribution in [0.2, 0.25) is 0 Å². The van der Waals surface area contributed by atoms with Gasteiger partial charge in [0.25, 0.3) is 0 Å². The van der Waals surface area contributed by atoms with Gasteiger partial charge in [-0.3, -0.25) is 0 Å². The molecule has 4 heteroatoms. The summed E-state index contributed by atoms with van der Waals surface area (Å²) >= 11 is 0. The van der Waals surface area contributed by atoms with Crippen molar-refractivity contribution in [2.75, 3.05) is 24.3 Å². The number of anilines is 2. The maximum Gasteiger partial charge on any atom is 0.180 e. The minimum absolute atomic E-state index is 0.655. The normalized spacial score (nSPS) is 10.3. The number of rotatable bonds is 4. The van der Waals surface area contributed by atoms with E-state index in [1.54, 1.807) is 6.20 Å². The molecule has 0 unspecified atom stereocenters. The van der Waals surface area contributed by atoms with E-state index in [1.807, 2.05) is 14.1 Å². The molecule has 1 aromatic heterocycles. The zero-order valence-corrected chi connectivity index (χ0v) is 10.4. The van der Waals surface area contributed by atoms with Crippen LogP contribution in [-0.2, 0) is 6.54 Å². The lowest BCUT2D eigenvalue weighted by atomic mass is 10.1. The minimum atomic E-state index is 0.655. The molecule has 2 rings (SSSR count). The Morgan fingerprint density at radius 3 is 2.76 bits per heavy atom. The summed E-state index contributed by atoms with van der Waals surface area (Å²) in [5, 5.41) is 3.33. The van der Waals surface area contributed by atoms with Crippen molar-refractivity contribution in [2.45, 2.75) is 13.5 Å². The first-order chi connectivity index (χ1) is 8.16. The SMILES string of the molecule is Cc1cc(N(C)C)ccc1NCc1cnco1. The van der Waals surface area contributed by atoms with Crippen molar-refractivity contribution in [1.29, 1.82) is 0 Å². The third-order valence-corrected chi connectivity index (χ3v) is 2.66. The fourth-order valence-corrected chi connectivity index (χ4v) is 1.64. The topological polar surface area (TPSA) is 41.3 Å². The molecule has 0 atom stereocenters. The highest BCUT2D eigenvalue weighted by molar-refractivity contribution is 5.59. The van der Waals surface area contributed by atoms with Gasteiger partial charge >= 0.3 is 0 Å². The highest BCUT2D eigenvalue weighted by atomic mass is 16.3. The monoisotopic (exact) mass is 231 g/mol. The molecule has 0 bridgehead atoms. The Hall–Kier alpha value is -1.97. The van der Waals surface area contributed by atoms with Crippen molar-refractivity contribution >= 4 is 11.4 Å². The molecular weight excluding hydrogens is 214 g/mol. The number of benzene rings is 1. The Balaban J connectivity index is 2.06. The van der Waals surface area contributed by atoms with Gasteiger partial charge in [-0.25, -0.2) is 4.98 Å². The van der Waals surface area contributed by atoms with Crippen LogP contribution in [0, 0.1) is 6.92 Å². The van der Waals surface area contributed by atoms with Gasteiger partial charge in [-0.05, 0) is 30.7 Å². The van der Waals surface area contributed by atoms with Gasteiger partial charge in [0.1, 0.15) is 5.76 Å². The van der Waals surface area contributed by atoms with Crippen LogP contribution in [0.15, 0.2) is 35.2 Å².